The molecule has 1 saturated carbocycles. The third kappa shape index (κ3) is 4.67. The van der Waals surface area contributed by atoms with Crippen molar-refractivity contribution in [3.05, 3.63) is 0 Å². The fraction of sp³-hybridized carbons (Fsp3) is 0.857. The quantitative estimate of drug-likeness (QED) is 0.785. The van der Waals surface area contributed by atoms with Crippen LogP contribution in [0.25, 0.3) is 0 Å². The first kappa shape index (κ1) is 15.0. The molecule has 104 valence electrons. The Morgan fingerprint density at radius 2 is 1.83 bits per heavy atom. The summed E-state index contributed by atoms with van der Waals surface area (Å²) in [4.78, 5) is 23.5. The van der Waals surface area contributed by atoms with Gasteiger partial charge in [0.1, 0.15) is 0 Å². The summed E-state index contributed by atoms with van der Waals surface area (Å²) in [5, 5.41) is 3.01. The third-order valence-corrected chi connectivity index (χ3v) is 3.59. The van der Waals surface area contributed by atoms with Gasteiger partial charge in [-0.25, -0.2) is 0 Å². The number of carbonyl (C=O) groups excluding carboxylic acids is 2. The molecule has 2 atom stereocenters. The molecule has 0 spiro atoms. The Hall–Kier alpha value is -1.06. The molecular weight excluding hydrogens is 230 g/mol. The van der Waals surface area contributed by atoms with E-state index >= 15 is 0 Å². The highest BCUT2D eigenvalue weighted by molar-refractivity contribution is 5.78. The van der Waals surface area contributed by atoms with Gasteiger partial charge in [0.15, 0.2) is 0 Å². The standard InChI is InChI=1S/C14H25NO3/c1-3-8-13(16)15-12-10-7-5-4-6-9-11(12)14(17)18-2/h11-12H,3-10H2,1-2H3,(H,15,16)/t11-,12+/m0/s1. The minimum Gasteiger partial charge on any atom is -0.469 e. The van der Waals surface area contributed by atoms with E-state index in [0.717, 1.165) is 32.1 Å². The van der Waals surface area contributed by atoms with E-state index in [1.807, 2.05) is 6.92 Å². The van der Waals surface area contributed by atoms with Crippen LogP contribution in [0.1, 0.15) is 58.3 Å². The molecule has 0 radical (unpaired) electrons. The maximum atomic E-state index is 11.8. The van der Waals surface area contributed by atoms with E-state index < -0.39 is 0 Å². The lowest BCUT2D eigenvalue weighted by Crippen LogP contribution is -2.44. The van der Waals surface area contributed by atoms with Crippen molar-refractivity contribution >= 4 is 11.9 Å². The molecule has 1 N–H and O–H groups in total. The van der Waals surface area contributed by atoms with Crippen molar-refractivity contribution in [1.29, 1.82) is 0 Å². The average molecular weight is 255 g/mol. The zero-order valence-electron chi connectivity index (χ0n) is 11.5. The number of amides is 1. The first-order valence-electron chi connectivity index (χ1n) is 7.06. The molecule has 0 bridgehead atoms. The third-order valence-electron chi connectivity index (χ3n) is 3.59. The van der Waals surface area contributed by atoms with Gasteiger partial charge in [-0.1, -0.05) is 32.6 Å². The molecule has 0 aromatic heterocycles. The number of rotatable bonds is 4. The predicted octanol–water partition coefficient (Wildman–Crippen LogP) is 2.41. The predicted molar refractivity (Wildman–Crippen MR) is 70.0 cm³/mol. The van der Waals surface area contributed by atoms with Crippen molar-refractivity contribution in [3.8, 4) is 0 Å². The number of carbonyl (C=O) groups is 2. The summed E-state index contributed by atoms with van der Waals surface area (Å²) in [7, 11) is 1.42. The SMILES string of the molecule is CCCC(=O)N[C@@H]1CCCCCC[C@@H]1C(=O)OC. The average Bonchev–Trinajstić information content (AvgIpc) is 2.32. The van der Waals surface area contributed by atoms with E-state index in [4.69, 9.17) is 4.74 Å². The summed E-state index contributed by atoms with van der Waals surface area (Å²) in [6, 6.07) is -0.0446. The molecule has 1 aliphatic carbocycles. The van der Waals surface area contributed by atoms with Crippen LogP contribution >= 0.6 is 0 Å². The van der Waals surface area contributed by atoms with Gasteiger partial charge in [0, 0.05) is 12.5 Å². The second-order valence-electron chi connectivity index (χ2n) is 5.05. The van der Waals surface area contributed by atoms with Crippen LogP contribution in [-0.2, 0) is 14.3 Å². The second-order valence-corrected chi connectivity index (χ2v) is 5.05. The highest BCUT2D eigenvalue weighted by Gasteiger charge is 2.30. The van der Waals surface area contributed by atoms with Crippen molar-refractivity contribution in [1.82, 2.24) is 5.32 Å². The smallest absolute Gasteiger partial charge is 0.310 e. The van der Waals surface area contributed by atoms with E-state index in [1.54, 1.807) is 0 Å². The van der Waals surface area contributed by atoms with E-state index in [2.05, 4.69) is 5.32 Å². The molecule has 0 heterocycles. The Balaban J connectivity index is 2.64. The number of nitrogens with one attached hydrogen (secondary N) is 1. The van der Waals surface area contributed by atoms with Gasteiger partial charge in [-0.3, -0.25) is 9.59 Å². The van der Waals surface area contributed by atoms with Crippen molar-refractivity contribution in [2.75, 3.05) is 7.11 Å². The van der Waals surface area contributed by atoms with E-state index in [0.29, 0.717) is 6.42 Å². The Morgan fingerprint density at radius 3 is 2.44 bits per heavy atom. The van der Waals surface area contributed by atoms with Crippen LogP contribution in [0.4, 0.5) is 0 Å². The molecule has 0 aromatic rings. The molecule has 1 rings (SSSR count). The number of ether oxygens (including phenoxy) is 1. The highest BCUT2D eigenvalue weighted by Crippen LogP contribution is 2.24. The summed E-state index contributed by atoms with van der Waals surface area (Å²) in [6.07, 6.45) is 7.55. The molecule has 1 aliphatic rings. The Labute approximate surface area is 109 Å². The first-order chi connectivity index (χ1) is 8.69. The molecule has 4 nitrogen and oxygen atoms in total. The van der Waals surface area contributed by atoms with Crippen LogP contribution in [0.3, 0.4) is 0 Å². The van der Waals surface area contributed by atoms with Gasteiger partial charge in [0.05, 0.1) is 13.0 Å². The number of methoxy groups -OCH3 is 1. The van der Waals surface area contributed by atoms with Crippen molar-refractivity contribution < 1.29 is 14.3 Å². The zero-order valence-corrected chi connectivity index (χ0v) is 11.5. The van der Waals surface area contributed by atoms with Gasteiger partial charge in [-0.05, 0) is 19.3 Å². The molecule has 18 heavy (non-hydrogen) atoms. The van der Waals surface area contributed by atoms with Crippen LogP contribution in [0, 0.1) is 5.92 Å². The lowest BCUT2D eigenvalue weighted by Gasteiger charge is -2.28. The van der Waals surface area contributed by atoms with Gasteiger partial charge in [0.25, 0.3) is 0 Å². The molecule has 1 fully saturated rings. The van der Waals surface area contributed by atoms with Crippen molar-refractivity contribution in [2.45, 2.75) is 64.3 Å². The summed E-state index contributed by atoms with van der Waals surface area (Å²) >= 11 is 0. The minimum atomic E-state index is -0.182. The van der Waals surface area contributed by atoms with Gasteiger partial charge in [-0.15, -0.1) is 0 Å². The molecule has 0 saturated heterocycles. The molecule has 1 amide bonds. The van der Waals surface area contributed by atoms with E-state index in [-0.39, 0.29) is 23.8 Å². The lowest BCUT2D eigenvalue weighted by molar-refractivity contribution is -0.147. The number of esters is 1. The summed E-state index contributed by atoms with van der Waals surface area (Å²) in [5.74, 6) is -0.299. The fourth-order valence-corrected chi connectivity index (χ4v) is 2.60. The largest absolute Gasteiger partial charge is 0.469 e. The topological polar surface area (TPSA) is 55.4 Å². The van der Waals surface area contributed by atoms with Crippen LogP contribution in [-0.4, -0.2) is 25.0 Å². The summed E-state index contributed by atoms with van der Waals surface area (Å²) in [6.45, 7) is 1.98. The molecule has 4 heteroatoms. The molecule has 0 unspecified atom stereocenters. The Bertz CT molecular complexity index is 278. The highest BCUT2D eigenvalue weighted by atomic mass is 16.5. The maximum Gasteiger partial charge on any atom is 0.310 e. The van der Waals surface area contributed by atoms with Gasteiger partial charge in [-0.2, -0.15) is 0 Å². The van der Waals surface area contributed by atoms with E-state index in [1.165, 1.54) is 20.0 Å². The molecular formula is C14H25NO3. The van der Waals surface area contributed by atoms with Crippen molar-refractivity contribution in [2.24, 2.45) is 5.92 Å². The van der Waals surface area contributed by atoms with E-state index in [9.17, 15) is 9.59 Å². The fourth-order valence-electron chi connectivity index (χ4n) is 2.60. The van der Waals surface area contributed by atoms with Crippen LogP contribution in [0.5, 0.6) is 0 Å². The number of hydrogen-bond donors (Lipinski definition) is 1. The van der Waals surface area contributed by atoms with Gasteiger partial charge < -0.3 is 10.1 Å². The summed E-state index contributed by atoms with van der Waals surface area (Å²) in [5.41, 5.74) is 0. The van der Waals surface area contributed by atoms with Crippen LogP contribution in [0.15, 0.2) is 0 Å². The minimum absolute atomic E-state index is 0.0446. The molecule has 0 aliphatic heterocycles. The number of hydrogen-bond acceptors (Lipinski definition) is 3. The molecule has 0 aromatic carbocycles. The lowest BCUT2D eigenvalue weighted by atomic mass is 9.86. The Morgan fingerprint density at radius 1 is 1.17 bits per heavy atom. The summed E-state index contributed by atoms with van der Waals surface area (Å²) < 4.78 is 4.87. The monoisotopic (exact) mass is 255 g/mol. The van der Waals surface area contributed by atoms with Gasteiger partial charge in [0.2, 0.25) is 5.91 Å². The second kappa shape index (κ2) is 8.11. The first-order valence-corrected chi connectivity index (χ1v) is 7.06. The van der Waals surface area contributed by atoms with Crippen LogP contribution < -0.4 is 5.32 Å². The van der Waals surface area contributed by atoms with Crippen molar-refractivity contribution in [3.63, 3.8) is 0 Å². The zero-order chi connectivity index (χ0) is 13.4. The Kier molecular flexibility index (Phi) is 6.76. The maximum absolute atomic E-state index is 11.8. The van der Waals surface area contributed by atoms with Gasteiger partial charge >= 0.3 is 5.97 Å². The van der Waals surface area contributed by atoms with Crippen LogP contribution in [0.2, 0.25) is 0 Å². The normalized spacial score (nSPS) is 24.8.